The monoisotopic (exact) mass is 230 g/mol. The molecule has 0 fully saturated rings. The predicted octanol–water partition coefficient (Wildman–Crippen LogP) is 3.53. The fraction of sp³-hybridized carbons (Fsp3) is 1.00. The highest BCUT2D eigenvalue weighted by molar-refractivity contribution is 8.00. The normalized spacial score (nSPS) is 14.8. The van der Waals surface area contributed by atoms with E-state index in [-0.39, 0.29) is 0 Å². The molecule has 0 amide bonds. The van der Waals surface area contributed by atoms with Gasteiger partial charge in [0.1, 0.15) is 0 Å². The number of thioether (sulfide) groups is 1. The van der Waals surface area contributed by atoms with Gasteiger partial charge in [-0.05, 0) is 5.75 Å². The van der Waals surface area contributed by atoms with Crippen LogP contribution in [0.15, 0.2) is 0 Å². The van der Waals surface area contributed by atoms with E-state index in [1.54, 1.807) is 0 Å². The first-order chi connectivity index (χ1) is 5.56. The second kappa shape index (κ2) is 3.55. The minimum absolute atomic E-state index is 0.529. The first kappa shape index (κ1) is 12.9. The standard InChI is InChI=1S/C5H5F7S/c1-2-13-5(11,12)3(6,7)4(8,9)10/h2H2,1H3. The molecule has 0 aromatic rings. The Hall–Kier alpha value is -0.140. The SMILES string of the molecule is CCSC(F)(F)C(F)(F)C(F)(F)F. The third-order valence-corrected chi connectivity index (χ3v) is 1.95. The Morgan fingerprint density at radius 3 is 1.54 bits per heavy atom. The average molecular weight is 230 g/mol. The molecule has 0 bridgehead atoms. The highest BCUT2D eigenvalue weighted by Gasteiger charge is 2.73. The van der Waals surface area contributed by atoms with E-state index in [1.165, 1.54) is 0 Å². The molecule has 0 heterocycles. The highest BCUT2D eigenvalue weighted by Crippen LogP contribution is 2.51. The van der Waals surface area contributed by atoms with E-state index >= 15 is 0 Å². The third kappa shape index (κ3) is 2.41. The molecule has 0 radical (unpaired) electrons. The Morgan fingerprint density at radius 1 is 0.923 bits per heavy atom. The second-order valence-corrected chi connectivity index (χ2v) is 3.40. The van der Waals surface area contributed by atoms with Crippen molar-refractivity contribution < 1.29 is 30.7 Å². The summed E-state index contributed by atoms with van der Waals surface area (Å²) >= 11 is -0.736. The maximum absolute atomic E-state index is 12.2. The lowest BCUT2D eigenvalue weighted by Gasteiger charge is -2.26. The molecule has 0 aromatic heterocycles. The van der Waals surface area contributed by atoms with Crippen LogP contribution >= 0.6 is 11.8 Å². The molecule has 0 saturated heterocycles. The number of alkyl halides is 7. The molecule has 0 aliphatic heterocycles. The molecule has 13 heavy (non-hydrogen) atoms. The summed E-state index contributed by atoms with van der Waals surface area (Å²) in [5.74, 6) is -6.51. The summed E-state index contributed by atoms with van der Waals surface area (Å²) in [6, 6.07) is 0. The van der Waals surface area contributed by atoms with Crippen LogP contribution in [-0.4, -0.2) is 23.1 Å². The van der Waals surface area contributed by atoms with Gasteiger partial charge in [0.2, 0.25) is 0 Å². The van der Waals surface area contributed by atoms with Gasteiger partial charge in [0.25, 0.3) is 0 Å². The van der Waals surface area contributed by atoms with Crippen molar-refractivity contribution in [1.82, 2.24) is 0 Å². The van der Waals surface area contributed by atoms with Gasteiger partial charge in [-0.25, -0.2) is 0 Å². The van der Waals surface area contributed by atoms with Crippen molar-refractivity contribution in [3.63, 3.8) is 0 Å². The van der Waals surface area contributed by atoms with Gasteiger partial charge in [0, 0.05) is 0 Å². The van der Waals surface area contributed by atoms with Crippen molar-refractivity contribution in [2.24, 2.45) is 0 Å². The zero-order chi connectivity index (χ0) is 10.9. The van der Waals surface area contributed by atoms with Crippen LogP contribution in [0, 0.1) is 0 Å². The molecule has 0 nitrogen and oxygen atoms in total. The van der Waals surface area contributed by atoms with Crippen molar-refractivity contribution in [2.45, 2.75) is 24.3 Å². The lowest BCUT2D eigenvalue weighted by molar-refractivity contribution is -0.330. The fourth-order valence-corrected chi connectivity index (χ4v) is 1.10. The van der Waals surface area contributed by atoms with Crippen molar-refractivity contribution in [1.29, 1.82) is 0 Å². The Labute approximate surface area is 73.5 Å². The lowest BCUT2D eigenvalue weighted by Crippen LogP contribution is -2.50. The van der Waals surface area contributed by atoms with E-state index in [0.29, 0.717) is 0 Å². The van der Waals surface area contributed by atoms with Crippen LogP contribution in [-0.2, 0) is 0 Å². The van der Waals surface area contributed by atoms with Crippen molar-refractivity contribution >= 4 is 11.8 Å². The molecule has 0 aliphatic rings. The van der Waals surface area contributed by atoms with Crippen LogP contribution in [0.3, 0.4) is 0 Å². The molecule has 80 valence electrons. The zero-order valence-electron chi connectivity index (χ0n) is 6.26. The molecule has 0 unspecified atom stereocenters. The molecule has 0 rings (SSSR count). The number of rotatable bonds is 3. The molecule has 0 N–H and O–H groups in total. The molecule has 0 saturated carbocycles. The van der Waals surface area contributed by atoms with E-state index in [0.717, 1.165) is 6.92 Å². The van der Waals surface area contributed by atoms with Crippen LogP contribution in [0.25, 0.3) is 0 Å². The zero-order valence-corrected chi connectivity index (χ0v) is 7.08. The van der Waals surface area contributed by atoms with Crippen molar-refractivity contribution in [2.75, 3.05) is 5.75 Å². The molecule has 8 heteroatoms. The predicted molar refractivity (Wildman–Crippen MR) is 34.1 cm³/mol. The molecule has 0 spiro atoms. The largest absolute Gasteiger partial charge is 0.460 e. The van der Waals surface area contributed by atoms with Crippen LogP contribution in [0.1, 0.15) is 6.92 Å². The highest BCUT2D eigenvalue weighted by atomic mass is 32.2. The van der Waals surface area contributed by atoms with E-state index in [9.17, 15) is 30.7 Å². The molecule has 0 atom stereocenters. The van der Waals surface area contributed by atoms with Crippen molar-refractivity contribution in [3.05, 3.63) is 0 Å². The van der Waals surface area contributed by atoms with E-state index in [4.69, 9.17) is 0 Å². The Kier molecular flexibility index (Phi) is 3.51. The van der Waals surface area contributed by atoms with E-state index in [2.05, 4.69) is 0 Å². The van der Waals surface area contributed by atoms with Gasteiger partial charge in [-0.3, -0.25) is 0 Å². The summed E-state index contributed by atoms with van der Waals surface area (Å²) < 4.78 is 82.6. The van der Waals surface area contributed by atoms with Crippen molar-refractivity contribution in [3.8, 4) is 0 Å². The summed E-state index contributed by atoms with van der Waals surface area (Å²) in [5.41, 5.74) is 0. The van der Waals surface area contributed by atoms with Crippen LogP contribution in [0.5, 0.6) is 0 Å². The second-order valence-electron chi connectivity index (χ2n) is 2.02. The summed E-state index contributed by atoms with van der Waals surface area (Å²) in [5, 5.41) is -5.11. The Bertz CT molecular complexity index is 172. The molecule has 0 aliphatic carbocycles. The van der Waals surface area contributed by atoms with E-state index in [1.807, 2.05) is 0 Å². The first-order valence-electron chi connectivity index (χ1n) is 3.02. The Morgan fingerprint density at radius 2 is 1.31 bits per heavy atom. The third-order valence-electron chi connectivity index (χ3n) is 1.05. The summed E-state index contributed by atoms with van der Waals surface area (Å²) in [6.07, 6.45) is -6.22. The van der Waals surface area contributed by atoms with Gasteiger partial charge in [-0.2, -0.15) is 30.7 Å². The maximum Gasteiger partial charge on any atom is 0.460 e. The van der Waals surface area contributed by atoms with Gasteiger partial charge < -0.3 is 0 Å². The van der Waals surface area contributed by atoms with Gasteiger partial charge in [-0.15, -0.1) is 0 Å². The molecular weight excluding hydrogens is 225 g/mol. The van der Waals surface area contributed by atoms with Gasteiger partial charge >= 0.3 is 17.4 Å². The van der Waals surface area contributed by atoms with E-state index < -0.39 is 34.9 Å². The van der Waals surface area contributed by atoms with Gasteiger partial charge in [-0.1, -0.05) is 18.7 Å². The van der Waals surface area contributed by atoms with Crippen LogP contribution in [0.4, 0.5) is 30.7 Å². The van der Waals surface area contributed by atoms with Gasteiger partial charge in [0.15, 0.2) is 0 Å². The van der Waals surface area contributed by atoms with Crippen LogP contribution in [0.2, 0.25) is 0 Å². The maximum atomic E-state index is 12.2. The fourth-order valence-electron chi connectivity index (χ4n) is 0.437. The minimum Gasteiger partial charge on any atom is -0.188 e. The quantitative estimate of drug-likeness (QED) is 0.668. The minimum atomic E-state index is -6.22. The van der Waals surface area contributed by atoms with Crippen LogP contribution < -0.4 is 0 Å². The average Bonchev–Trinajstić information content (AvgIpc) is 1.84. The number of hydrogen-bond acceptors (Lipinski definition) is 1. The summed E-state index contributed by atoms with van der Waals surface area (Å²) in [4.78, 5) is 0. The smallest absolute Gasteiger partial charge is 0.188 e. The summed E-state index contributed by atoms with van der Waals surface area (Å²) in [6.45, 7) is 1.06. The summed E-state index contributed by atoms with van der Waals surface area (Å²) in [7, 11) is 0. The topological polar surface area (TPSA) is 0 Å². The van der Waals surface area contributed by atoms with Gasteiger partial charge in [0.05, 0.1) is 0 Å². The Balaban J connectivity index is 4.81. The number of halogens is 7. The first-order valence-corrected chi connectivity index (χ1v) is 4.01. The number of hydrogen-bond donors (Lipinski definition) is 0. The molecule has 0 aromatic carbocycles. The lowest BCUT2D eigenvalue weighted by atomic mass is 10.3. The molecular formula is C5H5F7S.